The number of nitrogens with one attached hydrogen (secondary N) is 1. The van der Waals surface area contributed by atoms with E-state index in [1.165, 1.54) is 16.4 Å². The monoisotopic (exact) mass is 494 g/mol. The highest BCUT2D eigenvalue weighted by atomic mass is 35.5. The molecule has 2 aromatic carbocycles. The molecule has 1 N–H and O–H groups in total. The van der Waals surface area contributed by atoms with Crippen LogP contribution in [0.1, 0.15) is 37.0 Å². The molecule has 0 aliphatic carbocycles. The van der Waals surface area contributed by atoms with E-state index < -0.39 is 16.0 Å². The van der Waals surface area contributed by atoms with Crippen molar-refractivity contribution in [2.24, 2.45) is 5.92 Å². The minimum Gasteiger partial charge on any atom is -0.492 e. The number of esters is 1. The third kappa shape index (κ3) is 6.04. The molecule has 1 amide bonds. The van der Waals surface area contributed by atoms with E-state index in [-0.39, 0.29) is 41.4 Å². The van der Waals surface area contributed by atoms with E-state index in [9.17, 15) is 18.0 Å². The molecule has 8 nitrogen and oxygen atoms in total. The fourth-order valence-electron chi connectivity index (χ4n) is 3.57. The molecule has 2 aromatic rings. The number of hydrogen-bond acceptors (Lipinski definition) is 6. The second-order valence-corrected chi connectivity index (χ2v) is 9.84. The molecule has 0 bridgehead atoms. The van der Waals surface area contributed by atoms with E-state index in [0.717, 1.165) is 0 Å². The number of anilines is 1. The summed E-state index contributed by atoms with van der Waals surface area (Å²) in [5.74, 6) is -0.480. The molecule has 0 atom stereocenters. The van der Waals surface area contributed by atoms with Crippen molar-refractivity contribution in [1.82, 2.24) is 4.31 Å². The van der Waals surface area contributed by atoms with Crippen LogP contribution >= 0.6 is 11.6 Å². The number of rotatable bonds is 8. The third-order valence-corrected chi connectivity index (χ3v) is 7.52. The molecular weight excluding hydrogens is 468 g/mol. The maximum atomic E-state index is 13.0. The number of nitrogens with zero attached hydrogens (tertiary/aromatic N) is 1. The number of sulfonamides is 1. The molecule has 1 aliphatic heterocycles. The minimum atomic E-state index is -3.72. The van der Waals surface area contributed by atoms with Gasteiger partial charge in [0.1, 0.15) is 5.75 Å². The normalized spacial score (nSPS) is 15.1. The molecular formula is C23H27ClN2O6S. The summed E-state index contributed by atoms with van der Waals surface area (Å²) in [6, 6.07) is 10.9. The molecule has 1 heterocycles. The maximum Gasteiger partial charge on any atom is 0.338 e. The molecule has 0 unspecified atom stereocenters. The summed E-state index contributed by atoms with van der Waals surface area (Å²) in [7, 11) is -3.72. The number of ether oxygens (including phenoxy) is 2. The molecule has 0 saturated carbocycles. The zero-order valence-corrected chi connectivity index (χ0v) is 20.1. The zero-order valence-electron chi connectivity index (χ0n) is 18.5. The van der Waals surface area contributed by atoms with Gasteiger partial charge in [0.05, 0.1) is 28.7 Å². The first kappa shape index (κ1) is 25.0. The topological polar surface area (TPSA) is 102 Å². The van der Waals surface area contributed by atoms with Gasteiger partial charge in [0.25, 0.3) is 0 Å². The minimum absolute atomic E-state index is 0.0977. The molecule has 33 heavy (non-hydrogen) atoms. The molecule has 3 rings (SSSR count). The van der Waals surface area contributed by atoms with Crippen molar-refractivity contribution in [1.29, 1.82) is 0 Å². The van der Waals surface area contributed by atoms with Gasteiger partial charge in [-0.25, -0.2) is 13.2 Å². The number of carbonyl (C=O) groups excluding carboxylic acids is 2. The second kappa shape index (κ2) is 11.0. The molecule has 10 heteroatoms. The van der Waals surface area contributed by atoms with E-state index in [0.29, 0.717) is 36.4 Å². The van der Waals surface area contributed by atoms with Gasteiger partial charge >= 0.3 is 5.97 Å². The van der Waals surface area contributed by atoms with Crippen molar-refractivity contribution in [2.75, 3.05) is 31.6 Å². The fraction of sp³-hybridized carbons (Fsp3) is 0.391. The van der Waals surface area contributed by atoms with Gasteiger partial charge in [0.15, 0.2) is 0 Å². The van der Waals surface area contributed by atoms with E-state index in [1.807, 2.05) is 6.92 Å². The van der Waals surface area contributed by atoms with Gasteiger partial charge in [0.2, 0.25) is 15.9 Å². The number of hydrogen-bond donors (Lipinski definition) is 1. The van der Waals surface area contributed by atoms with Crippen molar-refractivity contribution < 1.29 is 27.5 Å². The lowest BCUT2D eigenvalue weighted by atomic mass is 9.97. The predicted molar refractivity (Wildman–Crippen MR) is 125 cm³/mol. The van der Waals surface area contributed by atoms with Crippen molar-refractivity contribution in [3.8, 4) is 5.75 Å². The Labute approximate surface area is 198 Å². The highest BCUT2D eigenvalue weighted by Crippen LogP contribution is 2.30. The van der Waals surface area contributed by atoms with Crippen molar-refractivity contribution in [3.63, 3.8) is 0 Å². The van der Waals surface area contributed by atoms with E-state index >= 15 is 0 Å². The van der Waals surface area contributed by atoms with Gasteiger partial charge < -0.3 is 14.8 Å². The van der Waals surface area contributed by atoms with Crippen LogP contribution in [0, 0.1) is 5.92 Å². The Kier molecular flexibility index (Phi) is 8.34. The summed E-state index contributed by atoms with van der Waals surface area (Å²) in [5, 5.41) is 3.07. The summed E-state index contributed by atoms with van der Waals surface area (Å²) in [6.45, 7) is 4.73. The Morgan fingerprint density at radius 3 is 2.30 bits per heavy atom. The Morgan fingerprint density at radius 1 is 1.06 bits per heavy atom. The van der Waals surface area contributed by atoms with E-state index in [4.69, 9.17) is 21.1 Å². The predicted octanol–water partition coefficient (Wildman–Crippen LogP) is 3.95. The lowest BCUT2D eigenvalue weighted by Gasteiger charge is -2.30. The third-order valence-electron chi connectivity index (χ3n) is 5.33. The standard InChI is InChI=1S/C23H27ClN2O6S/c1-3-31-21-10-9-19(15-20(21)24)33(29,30)26-13-11-16(12-14-26)22(27)25-18-7-5-17(6-8-18)23(28)32-4-2/h5-10,15-16H,3-4,11-14H2,1-2H3,(H,25,27). The van der Waals surface area contributed by atoms with Crippen LogP contribution in [0.4, 0.5) is 5.69 Å². The molecule has 0 aromatic heterocycles. The molecule has 1 fully saturated rings. The van der Waals surface area contributed by atoms with Gasteiger partial charge in [0, 0.05) is 24.7 Å². The van der Waals surface area contributed by atoms with E-state index in [2.05, 4.69) is 5.32 Å². The molecule has 1 aliphatic rings. The summed E-state index contributed by atoms with van der Waals surface area (Å²) in [5.41, 5.74) is 0.967. The molecule has 1 saturated heterocycles. The molecule has 0 radical (unpaired) electrons. The van der Waals surface area contributed by atoms with Gasteiger partial charge in [-0.2, -0.15) is 4.31 Å². The van der Waals surface area contributed by atoms with Crippen LogP contribution in [0.2, 0.25) is 5.02 Å². The van der Waals surface area contributed by atoms with Crippen LogP contribution in [0.5, 0.6) is 5.75 Å². The zero-order chi connectivity index (χ0) is 24.0. The maximum absolute atomic E-state index is 13.0. The fourth-order valence-corrected chi connectivity index (χ4v) is 5.37. The van der Waals surface area contributed by atoms with Gasteiger partial charge in [-0.05, 0) is 69.2 Å². The van der Waals surface area contributed by atoms with E-state index in [1.54, 1.807) is 37.3 Å². The Hall–Kier alpha value is -2.62. The van der Waals surface area contributed by atoms with Crippen LogP contribution in [-0.2, 0) is 19.6 Å². The lowest BCUT2D eigenvalue weighted by Crippen LogP contribution is -2.41. The first-order valence-electron chi connectivity index (χ1n) is 10.8. The Bertz CT molecular complexity index is 1100. The highest BCUT2D eigenvalue weighted by molar-refractivity contribution is 7.89. The van der Waals surface area contributed by atoms with Gasteiger partial charge in [-0.1, -0.05) is 11.6 Å². The Morgan fingerprint density at radius 2 is 1.73 bits per heavy atom. The lowest BCUT2D eigenvalue weighted by molar-refractivity contribution is -0.120. The number of halogens is 1. The highest BCUT2D eigenvalue weighted by Gasteiger charge is 2.32. The average molecular weight is 495 g/mol. The summed E-state index contributed by atoms with van der Waals surface area (Å²) in [4.78, 5) is 24.5. The Balaban J connectivity index is 1.58. The van der Waals surface area contributed by atoms with Crippen LogP contribution in [0.25, 0.3) is 0 Å². The van der Waals surface area contributed by atoms with Crippen LogP contribution < -0.4 is 10.1 Å². The number of benzene rings is 2. The molecule has 178 valence electrons. The average Bonchev–Trinajstić information content (AvgIpc) is 2.81. The quantitative estimate of drug-likeness (QED) is 0.557. The summed E-state index contributed by atoms with van der Waals surface area (Å²) >= 11 is 6.15. The van der Waals surface area contributed by atoms with Crippen molar-refractivity contribution in [2.45, 2.75) is 31.6 Å². The van der Waals surface area contributed by atoms with Gasteiger partial charge in [-0.15, -0.1) is 0 Å². The SMILES string of the molecule is CCOC(=O)c1ccc(NC(=O)C2CCN(S(=O)(=O)c3ccc(OCC)c(Cl)c3)CC2)cc1. The largest absolute Gasteiger partial charge is 0.492 e. The first-order chi connectivity index (χ1) is 15.8. The first-order valence-corrected chi connectivity index (χ1v) is 12.6. The number of piperidine rings is 1. The van der Waals surface area contributed by atoms with Gasteiger partial charge in [-0.3, -0.25) is 4.79 Å². The second-order valence-electron chi connectivity index (χ2n) is 7.49. The number of amides is 1. The van der Waals surface area contributed by atoms with Crippen LogP contribution in [-0.4, -0.2) is 50.9 Å². The smallest absolute Gasteiger partial charge is 0.338 e. The molecule has 0 spiro atoms. The van der Waals surface area contributed by atoms with Crippen molar-refractivity contribution in [3.05, 3.63) is 53.1 Å². The summed E-state index contributed by atoms with van der Waals surface area (Å²) in [6.07, 6.45) is 0.799. The van der Waals surface area contributed by atoms with Crippen LogP contribution in [0.3, 0.4) is 0 Å². The van der Waals surface area contributed by atoms with Crippen LogP contribution in [0.15, 0.2) is 47.4 Å². The summed E-state index contributed by atoms with van der Waals surface area (Å²) < 4.78 is 37.7. The number of carbonyl (C=O) groups is 2. The van der Waals surface area contributed by atoms with Crippen molar-refractivity contribution >= 4 is 39.2 Å².